The summed E-state index contributed by atoms with van der Waals surface area (Å²) >= 11 is 0. The van der Waals surface area contributed by atoms with Gasteiger partial charge in [0.2, 0.25) is 0 Å². The highest BCUT2D eigenvalue weighted by Gasteiger charge is 2.24. The number of H-pyrrole nitrogens is 1. The third-order valence-electron chi connectivity index (χ3n) is 4.76. The lowest BCUT2D eigenvalue weighted by atomic mass is 9.96. The Morgan fingerprint density at radius 3 is 2.50 bits per heavy atom. The summed E-state index contributed by atoms with van der Waals surface area (Å²) in [4.78, 5) is 7.80. The number of aromatic amines is 1. The number of benzene rings is 2. The summed E-state index contributed by atoms with van der Waals surface area (Å²) in [5.74, 6) is 1.12. The summed E-state index contributed by atoms with van der Waals surface area (Å²) in [7, 11) is 0. The number of phenols is 2. The Labute approximate surface area is 163 Å². The predicted molar refractivity (Wildman–Crippen MR) is 109 cm³/mol. The fourth-order valence-corrected chi connectivity index (χ4v) is 3.39. The average molecular weight is 372 g/mol. The molecule has 28 heavy (non-hydrogen) atoms. The Bertz CT molecular complexity index is 1160. The Morgan fingerprint density at radius 2 is 1.71 bits per heavy atom. The first-order valence-electron chi connectivity index (χ1n) is 9.15. The first kappa shape index (κ1) is 17.8. The molecule has 140 valence electrons. The maximum atomic E-state index is 11.0. The molecular weight excluding hydrogens is 350 g/mol. The van der Waals surface area contributed by atoms with Crippen molar-refractivity contribution >= 4 is 16.7 Å². The van der Waals surface area contributed by atoms with E-state index in [1.54, 1.807) is 18.2 Å². The molecule has 0 bridgehead atoms. The van der Waals surface area contributed by atoms with E-state index in [-0.39, 0.29) is 17.5 Å². The molecule has 4 rings (SSSR count). The Morgan fingerprint density at radius 1 is 0.929 bits per heavy atom. The maximum Gasteiger partial charge on any atom is 0.273 e. The van der Waals surface area contributed by atoms with Gasteiger partial charge in [0.25, 0.3) is 5.82 Å². The van der Waals surface area contributed by atoms with Crippen LogP contribution in [0.3, 0.4) is 0 Å². The van der Waals surface area contributed by atoms with Crippen molar-refractivity contribution in [3.63, 3.8) is 0 Å². The summed E-state index contributed by atoms with van der Waals surface area (Å²) in [6.45, 7) is 3.88. The van der Waals surface area contributed by atoms with E-state index >= 15 is 0 Å². The smallest absolute Gasteiger partial charge is 0.273 e. The minimum atomic E-state index is -0.378. The van der Waals surface area contributed by atoms with Gasteiger partial charge in [-0.15, -0.1) is 0 Å². The fraction of sp³-hybridized carbons (Fsp3) is 0.130. The Kier molecular flexibility index (Phi) is 4.57. The third-order valence-corrected chi connectivity index (χ3v) is 4.76. The van der Waals surface area contributed by atoms with Gasteiger partial charge >= 0.3 is 0 Å². The molecule has 0 radical (unpaired) electrons. The predicted octanol–water partition coefficient (Wildman–Crippen LogP) is 4.28. The molecular formula is C23H22N3O2+. The van der Waals surface area contributed by atoms with Crippen LogP contribution < -0.4 is 10.3 Å². The molecule has 0 saturated carbocycles. The molecule has 0 aliphatic carbocycles. The molecule has 2 heterocycles. The number of pyridine rings is 2. The van der Waals surface area contributed by atoms with Crippen LogP contribution in [-0.2, 0) is 0 Å². The van der Waals surface area contributed by atoms with Gasteiger partial charge in [-0.2, -0.15) is 0 Å². The Balaban J connectivity index is 1.87. The summed E-state index contributed by atoms with van der Waals surface area (Å²) in [5.41, 5.74) is 3.94. The standard InChI is InChI=1S/C23H21N3O2/c1-14-5-3-8-20(24-14)26-21(17-6-4-7-18(27)13-17)19-12-11-16-10-9-15(2)25-22(16)23(19)28/h3-13,21,27-28H,1-2H3,(H,24,26)/p+1/t21-/m1/s1. The minimum Gasteiger partial charge on any atom is -0.508 e. The molecule has 2 aromatic carbocycles. The van der Waals surface area contributed by atoms with Gasteiger partial charge in [0.15, 0.2) is 0 Å². The molecule has 0 unspecified atom stereocenters. The molecule has 0 fully saturated rings. The van der Waals surface area contributed by atoms with Gasteiger partial charge in [-0.3, -0.25) is 5.32 Å². The topological polar surface area (TPSA) is 79.5 Å². The molecule has 1 atom stereocenters. The number of nitrogens with one attached hydrogen (secondary N) is 2. The molecule has 5 heteroatoms. The van der Waals surface area contributed by atoms with Crippen molar-refractivity contribution in [1.29, 1.82) is 0 Å². The van der Waals surface area contributed by atoms with Crippen LogP contribution >= 0.6 is 0 Å². The maximum absolute atomic E-state index is 11.0. The van der Waals surface area contributed by atoms with Gasteiger partial charge in [-0.05, 0) is 44.2 Å². The van der Waals surface area contributed by atoms with E-state index in [0.717, 1.165) is 28.2 Å². The van der Waals surface area contributed by atoms with E-state index < -0.39 is 0 Å². The largest absolute Gasteiger partial charge is 0.508 e. The molecule has 4 N–H and O–H groups in total. The first-order chi connectivity index (χ1) is 13.5. The molecule has 4 aromatic rings. The van der Waals surface area contributed by atoms with E-state index in [1.807, 2.05) is 62.4 Å². The van der Waals surface area contributed by atoms with E-state index in [1.165, 1.54) is 0 Å². The van der Waals surface area contributed by atoms with Gasteiger partial charge in [-0.1, -0.05) is 30.3 Å². The third kappa shape index (κ3) is 3.47. The normalized spacial score (nSPS) is 12.1. The number of hydrogen-bond donors (Lipinski definition) is 3. The fourth-order valence-electron chi connectivity index (χ4n) is 3.39. The number of aryl methyl sites for hydroxylation is 2. The minimum absolute atomic E-state index is 0.134. The lowest BCUT2D eigenvalue weighted by Gasteiger charge is -2.18. The van der Waals surface area contributed by atoms with Crippen molar-refractivity contribution in [3.8, 4) is 11.5 Å². The number of rotatable bonds is 4. The molecule has 0 amide bonds. The number of aromatic nitrogens is 2. The van der Waals surface area contributed by atoms with Gasteiger partial charge in [0.1, 0.15) is 23.1 Å². The Hall–Kier alpha value is -3.60. The second-order valence-electron chi connectivity index (χ2n) is 6.95. The SMILES string of the molecule is Cc1ccc2ccc([C@H](Nc3cccc(C)[nH+]3)c3cccc(O)c3)c(O)c2n1. The summed E-state index contributed by atoms with van der Waals surface area (Å²) in [6.07, 6.45) is 0. The zero-order valence-corrected chi connectivity index (χ0v) is 15.8. The second-order valence-corrected chi connectivity index (χ2v) is 6.95. The highest BCUT2D eigenvalue weighted by Crippen LogP contribution is 2.36. The van der Waals surface area contributed by atoms with Crippen molar-refractivity contribution in [2.45, 2.75) is 19.9 Å². The van der Waals surface area contributed by atoms with Crippen molar-refractivity contribution < 1.29 is 15.2 Å². The zero-order valence-electron chi connectivity index (χ0n) is 15.8. The van der Waals surface area contributed by atoms with Gasteiger partial charge in [-0.25, -0.2) is 9.97 Å². The van der Waals surface area contributed by atoms with E-state index in [4.69, 9.17) is 0 Å². The quantitative estimate of drug-likeness (QED) is 0.500. The van der Waals surface area contributed by atoms with Crippen LogP contribution in [0, 0.1) is 13.8 Å². The van der Waals surface area contributed by atoms with E-state index in [2.05, 4.69) is 15.3 Å². The van der Waals surface area contributed by atoms with Gasteiger partial charge in [0, 0.05) is 28.3 Å². The van der Waals surface area contributed by atoms with Crippen LogP contribution in [0.25, 0.3) is 10.9 Å². The highest BCUT2D eigenvalue weighted by atomic mass is 16.3. The first-order valence-corrected chi connectivity index (χ1v) is 9.15. The molecule has 0 aliphatic rings. The van der Waals surface area contributed by atoms with E-state index in [0.29, 0.717) is 11.1 Å². The van der Waals surface area contributed by atoms with Gasteiger partial charge in [0.05, 0.1) is 5.69 Å². The number of phenolic OH excluding ortho intramolecular Hbond substituents is 2. The monoisotopic (exact) mass is 372 g/mol. The summed E-state index contributed by atoms with van der Waals surface area (Å²) in [5, 5.41) is 25.3. The number of nitrogens with zero attached hydrogens (tertiary/aromatic N) is 1. The van der Waals surface area contributed by atoms with Crippen molar-refractivity contribution in [1.82, 2.24) is 4.98 Å². The van der Waals surface area contributed by atoms with Crippen LogP contribution in [0.4, 0.5) is 5.82 Å². The van der Waals surface area contributed by atoms with Crippen LogP contribution in [0.1, 0.15) is 28.6 Å². The number of hydrogen-bond acceptors (Lipinski definition) is 4. The summed E-state index contributed by atoms with van der Waals surface area (Å²) in [6, 6.07) is 20.3. The van der Waals surface area contributed by atoms with Crippen molar-refractivity contribution in [3.05, 3.63) is 89.2 Å². The zero-order chi connectivity index (χ0) is 19.7. The lowest BCUT2D eigenvalue weighted by Crippen LogP contribution is -2.20. The molecule has 2 aromatic heterocycles. The molecule has 0 spiro atoms. The summed E-state index contributed by atoms with van der Waals surface area (Å²) < 4.78 is 0. The number of aromatic hydroxyl groups is 2. The molecule has 5 nitrogen and oxygen atoms in total. The second kappa shape index (κ2) is 7.19. The van der Waals surface area contributed by atoms with Gasteiger partial charge < -0.3 is 10.2 Å². The number of fused-ring (bicyclic) bond motifs is 1. The van der Waals surface area contributed by atoms with E-state index in [9.17, 15) is 10.2 Å². The van der Waals surface area contributed by atoms with Crippen LogP contribution in [0.2, 0.25) is 0 Å². The van der Waals surface area contributed by atoms with Crippen LogP contribution in [0.15, 0.2) is 66.7 Å². The van der Waals surface area contributed by atoms with Crippen molar-refractivity contribution in [2.75, 3.05) is 5.32 Å². The molecule has 0 aliphatic heterocycles. The highest BCUT2D eigenvalue weighted by molar-refractivity contribution is 5.86. The number of anilines is 1. The van der Waals surface area contributed by atoms with Crippen LogP contribution in [0.5, 0.6) is 11.5 Å². The van der Waals surface area contributed by atoms with Crippen LogP contribution in [-0.4, -0.2) is 15.2 Å². The lowest BCUT2D eigenvalue weighted by molar-refractivity contribution is -0.371. The average Bonchev–Trinajstić information content (AvgIpc) is 2.67. The van der Waals surface area contributed by atoms with Crippen molar-refractivity contribution in [2.24, 2.45) is 0 Å². The molecule has 0 saturated heterocycles.